The van der Waals surface area contributed by atoms with Crippen molar-refractivity contribution in [1.82, 2.24) is 15.3 Å². The van der Waals surface area contributed by atoms with Crippen LogP contribution in [0.1, 0.15) is 19.5 Å². The van der Waals surface area contributed by atoms with E-state index >= 15 is 0 Å². The van der Waals surface area contributed by atoms with Crippen molar-refractivity contribution < 1.29 is 9.50 Å². The predicted molar refractivity (Wildman–Crippen MR) is 69.3 cm³/mol. The molecule has 0 aromatic carbocycles. The van der Waals surface area contributed by atoms with Crippen LogP contribution in [0, 0.1) is 17.7 Å². The molecular weight excluding hydrogens is 247 g/mol. The molecule has 0 unspecified atom stereocenters. The van der Waals surface area contributed by atoms with E-state index in [9.17, 15) is 9.50 Å². The number of fused-ring (bicyclic) bond motifs is 1. The van der Waals surface area contributed by atoms with E-state index in [0.29, 0.717) is 17.8 Å². The molecule has 0 saturated carbocycles. The Hall–Kier alpha value is -1.27. The number of rotatable bonds is 2. The Morgan fingerprint density at radius 2 is 2.00 bits per heavy atom. The Balaban J connectivity index is 1.86. The van der Waals surface area contributed by atoms with Gasteiger partial charge in [0.25, 0.3) is 0 Å². The Kier molecular flexibility index (Phi) is 2.94. The van der Waals surface area contributed by atoms with Gasteiger partial charge in [-0.2, -0.15) is 0 Å². The summed E-state index contributed by atoms with van der Waals surface area (Å²) in [5.41, 5.74) is -1.23. The largest absolute Gasteiger partial charge is 0.384 e. The maximum atomic E-state index is 13.7. The summed E-state index contributed by atoms with van der Waals surface area (Å²) < 4.78 is 13.7. The predicted octanol–water partition coefficient (Wildman–Crippen LogP) is 0.499. The van der Waals surface area contributed by atoms with Gasteiger partial charge in [-0.15, -0.1) is 0 Å². The van der Waals surface area contributed by atoms with Crippen LogP contribution in [0.2, 0.25) is 0 Å². The fraction of sp³-hybridized carbons (Fsp3) is 0.692. The molecule has 104 valence electrons. The zero-order valence-electron chi connectivity index (χ0n) is 11.2. The molecular formula is C13H19FN4O. The fourth-order valence-electron chi connectivity index (χ4n) is 2.96. The lowest BCUT2D eigenvalue weighted by Crippen LogP contribution is -2.29. The molecule has 2 aliphatic rings. The van der Waals surface area contributed by atoms with Crippen molar-refractivity contribution in [3.63, 3.8) is 0 Å². The van der Waals surface area contributed by atoms with Gasteiger partial charge in [0, 0.05) is 26.2 Å². The Labute approximate surface area is 111 Å². The van der Waals surface area contributed by atoms with Crippen LogP contribution in [0.4, 0.5) is 10.3 Å². The molecule has 19 heavy (non-hydrogen) atoms. The van der Waals surface area contributed by atoms with E-state index in [0.717, 1.165) is 32.4 Å². The van der Waals surface area contributed by atoms with Crippen LogP contribution in [-0.4, -0.2) is 41.3 Å². The molecule has 0 amide bonds. The van der Waals surface area contributed by atoms with Crippen molar-refractivity contribution in [3.05, 3.63) is 17.7 Å². The van der Waals surface area contributed by atoms with E-state index in [1.165, 1.54) is 13.8 Å². The van der Waals surface area contributed by atoms with Gasteiger partial charge in [0.1, 0.15) is 11.3 Å². The number of nitrogens with one attached hydrogen (secondary N) is 1. The second-order valence-corrected chi connectivity index (χ2v) is 6.01. The molecule has 1 aromatic heterocycles. The number of aromatic nitrogens is 2. The van der Waals surface area contributed by atoms with Gasteiger partial charge in [-0.1, -0.05) is 0 Å². The lowest BCUT2D eigenvalue weighted by molar-refractivity contribution is 0.0693. The van der Waals surface area contributed by atoms with E-state index in [-0.39, 0.29) is 5.69 Å². The maximum Gasteiger partial charge on any atom is 0.225 e. The topological polar surface area (TPSA) is 61.3 Å². The van der Waals surface area contributed by atoms with Crippen LogP contribution >= 0.6 is 0 Å². The normalized spacial score (nSPS) is 26.8. The Morgan fingerprint density at radius 3 is 2.58 bits per heavy atom. The van der Waals surface area contributed by atoms with E-state index in [1.807, 2.05) is 0 Å². The van der Waals surface area contributed by atoms with Crippen LogP contribution in [0.15, 0.2) is 6.20 Å². The average molecular weight is 266 g/mol. The standard InChI is InChI=1S/C13H19FN4O/c1-13(2,19)11-10(14)5-16-12(17-11)18-6-8-3-15-4-9(8)7-18/h5,8-9,15,19H,3-4,6-7H2,1-2H3/t8-,9+. The lowest BCUT2D eigenvalue weighted by atomic mass is 10.0. The molecule has 3 rings (SSSR count). The van der Waals surface area contributed by atoms with Gasteiger partial charge in [-0.3, -0.25) is 0 Å². The van der Waals surface area contributed by atoms with Gasteiger partial charge in [-0.05, 0) is 25.7 Å². The molecule has 3 heterocycles. The molecule has 0 spiro atoms. The molecule has 6 heteroatoms. The summed E-state index contributed by atoms with van der Waals surface area (Å²) >= 11 is 0. The van der Waals surface area contributed by atoms with Crippen LogP contribution in [0.5, 0.6) is 0 Å². The number of hydrogen-bond donors (Lipinski definition) is 2. The van der Waals surface area contributed by atoms with E-state index < -0.39 is 11.4 Å². The zero-order valence-corrected chi connectivity index (χ0v) is 11.2. The molecule has 0 bridgehead atoms. The van der Waals surface area contributed by atoms with Crippen molar-refractivity contribution in [2.24, 2.45) is 11.8 Å². The zero-order chi connectivity index (χ0) is 13.6. The van der Waals surface area contributed by atoms with Crippen molar-refractivity contribution >= 4 is 5.95 Å². The number of hydrogen-bond acceptors (Lipinski definition) is 5. The highest BCUT2D eigenvalue weighted by atomic mass is 19.1. The molecule has 2 atom stereocenters. The minimum atomic E-state index is -1.29. The third-order valence-corrected chi connectivity index (χ3v) is 3.98. The molecule has 0 aliphatic carbocycles. The van der Waals surface area contributed by atoms with Crippen LogP contribution < -0.4 is 10.2 Å². The number of anilines is 1. The van der Waals surface area contributed by atoms with Gasteiger partial charge in [0.15, 0.2) is 5.82 Å². The van der Waals surface area contributed by atoms with Crippen LogP contribution in [-0.2, 0) is 5.60 Å². The van der Waals surface area contributed by atoms with Gasteiger partial charge in [0.05, 0.1) is 6.20 Å². The summed E-state index contributed by atoms with van der Waals surface area (Å²) in [6.07, 6.45) is 1.15. The molecule has 5 nitrogen and oxygen atoms in total. The highest BCUT2D eigenvalue weighted by molar-refractivity contribution is 5.34. The minimum Gasteiger partial charge on any atom is -0.384 e. The summed E-state index contributed by atoms with van der Waals surface area (Å²) in [5, 5.41) is 13.3. The van der Waals surface area contributed by atoms with Gasteiger partial charge >= 0.3 is 0 Å². The second kappa shape index (κ2) is 4.38. The number of aliphatic hydroxyl groups is 1. The lowest BCUT2D eigenvalue weighted by Gasteiger charge is -2.21. The van der Waals surface area contributed by atoms with Crippen molar-refractivity contribution in [3.8, 4) is 0 Å². The molecule has 2 fully saturated rings. The second-order valence-electron chi connectivity index (χ2n) is 6.01. The first kappa shape index (κ1) is 12.7. The fourth-order valence-corrected chi connectivity index (χ4v) is 2.96. The molecule has 2 aliphatic heterocycles. The van der Waals surface area contributed by atoms with Gasteiger partial charge in [-0.25, -0.2) is 14.4 Å². The Morgan fingerprint density at radius 1 is 1.37 bits per heavy atom. The first-order valence-electron chi connectivity index (χ1n) is 6.66. The quantitative estimate of drug-likeness (QED) is 0.816. The van der Waals surface area contributed by atoms with Crippen molar-refractivity contribution in [2.45, 2.75) is 19.4 Å². The van der Waals surface area contributed by atoms with Gasteiger partial charge < -0.3 is 15.3 Å². The van der Waals surface area contributed by atoms with E-state index in [1.54, 1.807) is 0 Å². The molecule has 2 saturated heterocycles. The SMILES string of the molecule is CC(C)(O)c1nc(N2C[C@H]3CNC[C@H]3C2)ncc1F. The third kappa shape index (κ3) is 2.30. The Bertz CT molecular complexity index is 476. The molecule has 0 radical (unpaired) electrons. The van der Waals surface area contributed by atoms with Crippen molar-refractivity contribution in [2.75, 3.05) is 31.1 Å². The number of nitrogens with zero attached hydrogens (tertiary/aromatic N) is 3. The molecule has 1 aromatic rings. The third-order valence-electron chi connectivity index (χ3n) is 3.98. The summed E-state index contributed by atoms with van der Waals surface area (Å²) in [4.78, 5) is 10.4. The van der Waals surface area contributed by atoms with Crippen LogP contribution in [0.3, 0.4) is 0 Å². The van der Waals surface area contributed by atoms with E-state index in [2.05, 4.69) is 20.2 Å². The highest BCUT2D eigenvalue weighted by Crippen LogP contribution is 2.30. The maximum absolute atomic E-state index is 13.7. The summed E-state index contributed by atoms with van der Waals surface area (Å²) in [7, 11) is 0. The van der Waals surface area contributed by atoms with E-state index in [4.69, 9.17) is 0 Å². The number of halogens is 1. The molecule has 2 N–H and O–H groups in total. The average Bonchev–Trinajstić information content (AvgIpc) is 2.88. The smallest absolute Gasteiger partial charge is 0.225 e. The summed E-state index contributed by atoms with van der Waals surface area (Å²) in [6.45, 7) is 6.92. The first-order chi connectivity index (χ1) is 8.95. The first-order valence-corrected chi connectivity index (χ1v) is 6.66. The van der Waals surface area contributed by atoms with Crippen molar-refractivity contribution in [1.29, 1.82) is 0 Å². The monoisotopic (exact) mass is 266 g/mol. The van der Waals surface area contributed by atoms with Crippen LogP contribution in [0.25, 0.3) is 0 Å². The van der Waals surface area contributed by atoms with Gasteiger partial charge in [0.2, 0.25) is 5.95 Å². The summed E-state index contributed by atoms with van der Waals surface area (Å²) in [5.74, 6) is 1.21. The highest BCUT2D eigenvalue weighted by Gasteiger charge is 2.37. The minimum absolute atomic E-state index is 0.0627. The summed E-state index contributed by atoms with van der Waals surface area (Å²) in [6, 6.07) is 0.